The predicted octanol–water partition coefficient (Wildman–Crippen LogP) is 3.14. The lowest BCUT2D eigenvalue weighted by molar-refractivity contribution is 0.0846. The van der Waals surface area contributed by atoms with Gasteiger partial charge >= 0.3 is 0 Å². The highest BCUT2D eigenvalue weighted by atomic mass is 32.1. The molecule has 3 aromatic carbocycles. The molecule has 0 saturated carbocycles. The Kier molecular flexibility index (Phi) is 6.42. The fourth-order valence-electron chi connectivity index (χ4n) is 3.37. The van der Waals surface area contributed by atoms with Gasteiger partial charge in [0.05, 0.1) is 30.8 Å². The first kappa shape index (κ1) is 22.7. The van der Waals surface area contributed by atoms with Crippen LogP contribution in [0.2, 0.25) is 0 Å². The van der Waals surface area contributed by atoms with E-state index in [4.69, 9.17) is 21.7 Å². The number of benzene rings is 3. The normalized spacial score (nSPS) is 10.5. The molecule has 172 valence electrons. The van der Waals surface area contributed by atoms with Crippen molar-refractivity contribution in [2.45, 2.75) is 0 Å². The second-order valence-electron chi connectivity index (χ2n) is 7.18. The molecule has 34 heavy (non-hydrogen) atoms. The van der Waals surface area contributed by atoms with Gasteiger partial charge in [-0.3, -0.25) is 29.8 Å². The standard InChI is InChI=1S/C24H20N4O5S/c1-32-17-10-15(11-18(13-17)33-2)22(30)27-26-21(29)14-8-9-19-20(12-14)25-24(34)28(23(19)31)16-6-4-3-5-7-16/h3-13H,1-2H3,(H,25,34)(H,26,29)(H,27,30). The summed E-state index contributed by atoms with van der Waals surface area (Å²) in [7, 11) is 2.94. The number of methoxy groups -OCH3 is 2. The summed E-state index contributed by atoms with van der Waals surface area (Å²) in [5, 5.41) is 0.363. The van der Waals surface area contributed by atoms with E-state index in [1.165, 1.54) is 49.1 Å². The maximum atomic E-state index is 13.0. The van der Waals surface area contributed by atoms with Crippen LogP contribution in [0.5, 0.6) is 11.5 Å². The molecule has 9 nitrogen and oxygen atoms in total. The monoisotopic (exact) mass is 476 g/mol. The Labute approximate surface area is 198 Å². The van der Waals surface area contributed by atoms with E-state index in [1.807, 2.05) is 18.2 Å². The number of H-pyrrole nitrogens is 1. The maximum absolute atomic E-state index is 13.0. The lowest BCUT2D eigenvalue weighted by Crippen LogP contribution is -2.41. The highest BCUT2D eigenvalue weighted by Gasteiger charge is 2.14. The third-order valence-electron chi connectivity index (χ3n) is 5.08. The summed E-state index contributed by atoms with van der Waals surface area (Å²) < 4.78 is 11.9. The van der Waals surface area contributed by atoms with Gasteiger partial charge in [0.2, 0.25) is 0 Å². The predicted molar refractivity (Wildman–Crippen MR) is 129 cm³/mol. The largest absolute Gasteiger partial charge is 0.497 e. The quantitative estimate of drug-likeness (QED) is 0.301. The summed E-state index contributed by atoms with van der Waals surface area (Å²) >= 11 is 5.37. The fraction of sp³-hybridized carbons (Fsp3) is 0.0833. The number of amides is 2. The van der Waals surface area contributed by atoms with Crippen LogP contribution in [0, 0.1) is 4.77 Å². The highest BCUT2D eigenvalue weighted by molar-refractivity contribution is 7.71. The number of rotatable bonds is 5. The van der Waals surface area contributed by atoms with E-state index >= 15 is 0 Å². The number of nitrogens with one attached hydrogen (secondary N) is 3. The Bertz CT molecular complexity index is 1490. The zero-order chi connectivity index (χ0) is 24.2. The second-order valence-corrected chi connectivity index (χ2v) is 7.56. The van der Waals surface area contributed by atoms with E-state index in [-0.39, 0.29) is 21.5 Å². The number of ether oxygens (including phenoxy) is 2. The molecule has 1 heterocycles. The summed E-state index contributed by atoms with van der Waals surface area (Å²) in [6, 6.07) is 18.2. The smallest absolute Gasteiger partial charge is 0.269 e. The molecule has 0 aliphatic carbocycles. The van der Waals surface area contributed by atoms with Crippen molar-refractivity contribution in [3.05, 3.63) is 93.0 Å². The van der Waals surface area contributed by atoms with E-state index in [0.29, 0.717) is 28.1 Å². The lowest BCUT2D eigenvalue weighted by atomic mass is 10.1. The SMILES string of the molecule is COc1cc(OC)cc(C(=O)NNC(=O)c2ccc3c(=O)n(-c4ccccc4)c(=S)[nH]c3c2)c1. The minimum Gasteiger partial charge on any atom is -0.497 e. The van der Waals surface area contributed by atoms with Crippen molar-refractivity contribution in [1.82, 2.24) is 20.4 Å². The molecule has 0 unspecified atom stereocenters. The Balaban J connectivity index is 1.56. The zero-order valence-electron chi connectivity index (χ0n) is 18.2. The molecule has 0 aliphatic rings. The van der Waals surface area contributed by atoms with Crippen LogP contribution in [-0.2, 0) is 0 Å². The Hall–Kier alpha value is -4.44. The topological polar surface area (TPSA) is 114 Å². The number of para-hydroxylation sites is 1. The van der Waals surface area contributed by atoms with Crippen molar-refractivity contribution in [2.75, 3.05) is 14.2 Å². The van der Waals surface area contributed by atoms with Gasteiger partial charge in [0.1, 0.15) is 11.5 Å². The van der Waals surface area contributed by atoms with Crippen molar-refractivity contribution in [3.63, 3.8) is 0 Å². The van der Waals surface area contributed by atoms with Crippen LogP contribution in [-0.4, -0.2) is 35.6 Å². The number of hydrazine groups is 1. The number of fused-ring (bicyclic) bond motifs is 1. The van der Waals surface area contributed by atoms with Gasteiger partial charge in [-0.25, -0.2) is 0 Å². The molecule has 10 heteroatoms. The highest BCUT2D eigenvalue weighted by Crippen LogP contribution is 2.22. The van der Waals surface area contributed by atoms with Crippen molar-refractivity contribution in [1.29, 1.82) is 0 Å². The number of aromatic nitrogens is 2. The second kappa shape index (κ2) is 9.59. The number of aromatic amines is 1. The minimum atomic E-state index is -0.573. The van der Waals surface area contributed by atoms with Gasteiger partial charge in [-0.15, -0.1) is 0 Å². The average molecular weight is 477 g/mol. The first-order chi connectivity index (χ1) is 16.4. The molecule has 0 saturated heterocycles. The molecule has 3 N–H and O–H groups in total. The van der Waals surface area contributed by atoms with Crippen molar-refractivity contribution in [3.8, 4) is 17.2 Å². The van der Waals surface area contributed by atoms with E-state index < -0.39 is 11.8 Å². The maximum Gasteiger partial charge on any atom is 0.269 e. The summed E-state index contributed by atoms with van der Waals surface area (Å²) in [4.78, 5) is 41.1. The van der Waals surface area contributed by atoms with Crippen LogP contribution in [0.1, 0.15) is 20.7 Å². The molecule has 2 amide bonds. The van der Waals surface area contributed by atoms with Gasteiger partial charge in [0, 0.05) is 17.2 Å². The van der Waals surface area contributed by atoms with Gasteiger partial charge in [-0.2, -0.15) is 0 Å². The number of nitrogens with zero attached hydrogens (tertiary/aromatic N) is 1. The van der Waals surface area contributed by atoms with Gasteiger partial charge in [-0.1, -0.05) is 18.2 Å². The van der Waals surface area contributed by atoms with Gasteiger partial charge in [0.15, 0.2) is 4.77 Å². The van der Waals surface area contributed by atoms with E-state index in [0.717, 1.165) is 0 Å². The first-order valence-corrected chi connectivity index (χ1v) is 10.5. The van der Waals surface area contributed by atoms with Gasteiger partial charge in [-0.05, 0) is 54.7 Å². The lowest BCUT2D eigenvalue weighted by Gasteiger charge is -2.11. The molecule has 0 aliphatic heterocycles. The van der Waals surface area contributed by atoms with Gasteiger partial charge in [0.25, 0.3) is 17.4 Å². The molecule has 0 radical (unpaired) electrons. The molecule has 0 spiro atoms. The molecule has 4 aromatic rings. The molecule has 0 atom stereocenters. The fourth-order valence-corrected chi connectivity index (χ4v) is 3.67. The number of carbonyl (C=O) groups is 2. The van der Waals surface area contributed by atoms with Crippen LogP contribution >= 0.6 is 12.2 Å². The molecule has 1 aromatic heterocycles. The number of hydrogen-bond acceptors (Lipinski definition) is 6. The third kappa shape index (κ3) is 4.52. The van der Waals surface area contributed by atoms with E-state index in [9.17, 15) is 14.4 Å². The molecule has 4 rings (SSSR count). The van der Waals surface area contributed by atoms with Crippen LogP contribution < -0.4 is 25.9 Å². The Morgan fingerprint density at radius 1 is 0.853 bits per heavy atom. The average Bonchev–Trinajstić information content (AvgIpc) is 2.86. The van der Waals surface area contributed by atoms with E-state index in [1.54, 1.807) is 18.2 Å². The molecule has 0 bridgehead atoms. The summed E-state index contributed by atoms with van der Waals surface area (Å²) in [5.41, 5.74) is 5.90. The van der Waals surface area contributed by atoms with Crippen LogP contribution in [0.25, 0.3) is 16.6 Å². The number of carbonyl (C=O) groups excluding carboxylic acids is 2. The van der Waals surface area contributed by atoms with Crippen LogP contribution in [0.15, 0.2) is 71.5 Å². The van der Waals surface area contributed by atoms with Crippen molar-refractivity contribution in [2.24, 2.45) is 0 Å². The summed E-state index contributed by atoms with van der Waals surface area (Å²) in [6.07, 6.45) is 0. The first-order valence-electron chi connectivity index (χ1n) is 10.1. The summed E-state index contributed by atoms with van der Waals surface area (Å²) in [6.45, 7) is 0. The van der Waals surface area contributed by atoms with Crippen LogP contribution in [0.4, 0.5) is 0 Å². The molecule has 0 fully saturated rings. The molecular weight excluding hydrogens is 456 g/mol. The summed E-state index contributed by atoms with van der Waals surface area (Å²) in [5.74, 6) is -0.267. The van der Waals surface area contributed by atoms with E-state index in [2.05, 4.69) is 15.8 Å². The Morgan fingerprint density at radius 3 is 2.09 bits per heavy atom. The molecular formula is C24H20N4O5S. The minimum absolute atomic E-state index is 0.196. The Morgan fingerprint density at radius 2 is 1.47 bits per heavy atom. The van der Waals surface area contributed by atoms with Crippen LogP contribution in [0.3, 0.4) is 0 Å². The third-order valence-corrected chi connectivity index (χ3v) is 5.36. The van der Waals surface area contributed by atoms with Crippen molar-refractivity contribution >= 4 is 34.9 Å². The number of hydrogen-bond donors (Lipinski definition) is 3. The van der Waals surface area contributed by atoms with Gasteiger partial charge < -0.3 is 14.5 Å². The zero-order valence-corrected chi connectivity index (χ0v) is 19.1. The van der Waals surface area contributed by atoms with Crippen molar-refractivity contribution < 1.29 is 19.1 Å².